The molecule has 8 nitrogen and oxygen atoms in total. The number of nitriles is 1. The molecule has 124 valence electrons. The second kappa shape index (κ2) is 6.51. The predicted octanol–water partition coefficient (Wildman–Crippen LogP) is 1.37. The molecule has 0 saturated carbocycles. The van der Waals surface area contributed by atoms with Crippen molar-refractivity contribution in [1.29, 1.82) is 5.26 Å². The molecule has 1 aromatic carbocycles. The molecule has 1 aliphatic heterocycles. The van der Waals surface area contributed by atoms with E-state index >= 15 is 0 Å². The van der Waals surface area contributed by atoms with Crippen molar-refractivity contribution < 1.29 is 9.72 Å². The highest BCUT2D eigenvalue weighted by atomic mass is 32.2. The maximum absolute atomic E-state index is 12.5. The van der Waals surface area contributed by atoms with Gasteiger partial charge in [-0.25, -0.2) is 0 Å². The lowest BCUT2D eigenvalue weighted by molar-refractivity contribution is -0.384. The van der Waals surface area contributed by atoms with Gasteiger partial charge in [0.15, 0.2) is 0 Å². The van der Waals surface area contributed by atoms with Crippen molar-refractivity contribution in [3.63, 3.8) is 0 Å². The number of carbonyl (C=O) groups excluding carboxylic acids is 1. The molecule has 1 fully saturated rings. The van der Waals surface area contributed by atoms with Crippen molar-refractivity contribution in [2.24, 2.45) is 5.73 Å². The third-order valence-electron chi connectivity index (χ3n) is 4.03. The number of rotatable bonds is 4. The molecular weight excluding hydrogens is 330 g/mol. The largest absolute Gasteiger partial charge is 0.361 e. The van der Waals surface area contributed by atoms with Crippen LogP contribution in [0.2, 0.25) is 0 Å². The number of non-ortho nitro benzene ring substituents is 1. The van der Waals surface area contributed by atoms with Gasteiger partial charge in [-0.2, -0.15) is 5.26 Å². The summed E-state index contributed by atoms with van der Waals surface area (Å²) in [6.45, 7) is 0. The van der Waals surface area contributed by atoms with Gasteiger partial charge in [-0.05, 0) is 18.1 Å². The Balaban J connectivity index is 1.81. The second-order valence-electron chi connectivity index (χ2n) is 5.56. The van der Waals surface area contributed by atoms with E-state index in [1.54, 1.807) is 12.3 Å². The first-order chi connectivity index (χ1) is 11.5. The summed E-state index contributed by atoms with van der Waals surface area (Å²) in [6.07, 6.45) is 1.96. The number of nitro benzene ring substituents is 1. The third-order valence-corrected chi connectivity index (χ3v) is 5.05. The fourth-order valence-electron chi connectivity index (χ4n) is 2.75. The normalized spacial score (nSPS) is 18.5. The lowest BCUT2D eigenvalue weighted by Gasteiger charge is -2.22. The molecule has 0 bridgehead atoms. The van der Waals surface area contributed by atoms with Crippen molar-refractivity contribution in [1.82, 2.24) is 9.88 Å². The standard InChI is InChI=1S/C15H15N5O3S/c16-5-11-7-24-8-19(11)15(21)13(17)3-9-6-18-14-2-1-10(20(22)23)4-12(9)14/h1-2,4,6,11,13,18H,3,7-8,17H2. The van der Waals surface area contributed by atoms with E-state index in [1.165, 1.54) is 28.8 Å². The van der Waals surface area contributed by atoms with E-state index in [0.717, 1.165) is 11.1 Å². The van der Waals surface area contributed by atoms with Gasteiger partial charge in [0.05, 0.1) is 22.9 Å². The maximum Gasteiger partial charge on any atom is 0.270 e. The Morgan fingerprint density at radius 3 is 3.12 bits per heavy atom. The van der Waals surface area contributed by atoms with Gasteiger partial charge in [-0.1, -0.05) is 0 Å². The van der Waals surface area contributed by atoms with Crippen molar-refractivity contribution in [3.05, 3.63) is 40.1 Å². The molecule has 2 aromatic rings. The van der Waals surface area contributed by atoms with Crippen molar-refractivity contribution in [3.8, 4) is 6.07 Å². The smallest absolute Gasteiger partial charge is 0.270 e. The van der Waals surface area contributed by atoms with Crippen molar-refractivity contribution in [2.45, 2.75) is 18.5 Å². The van der Waals surface area contributed by atoms with Gasteiger partial charge in [-0.15, -0.1) is 11.8 Å². The average Bonchev–Trinajstić information content (AvgIpc) is 3.20. The molecule has 3 rings (SSSR count). The Kier molecular flexibility index (Phi) is 4.42. The van der Waals surface area contributed by atoms with Gasteiger partial charge in [-0.3, -0.25) is 14.9 Å². The first-order valence-corrected chi connectivity index (χ1v) is 8.44. The van der Waals surface area contributed by atoms with E-state index in [2.05, 4.69) is 11.1 Å². The number of carbonyl (C=O) groups is 1. The number of aromatic amines is 1. The number of nitro groups is 1. The minimum atomic E-state index is -0.794. The molecule has 1 saturated heterocycles. The van der Waals surface area contributed by atoms with Crippen LogP contribution in [-0.2, 0) is 11.2 Å². The number of hydrogen-bond acceptors (Lipinski definition) is 6. The number of thioether (sulfide) groups is 1. The summed E-state index contributed by atoms with van der Waals surface area (Å²) in [6, 6.07) is 5.40. The molecule has 1 aliphatic rings. The Bertz CT molecular complexity index is 843. The van der Waals surface area contributed by atoms with E-state index in [9.17, 15) is 14.9 Å². The van der Waals surface area contributed by atoms with Gasteiger partial charge in [0.2, 0.25) is 5.91 Å². The summed E-state index contributed by atoms with van der Waals surface area (Å²) in [4.78, 5) is 27.5. The zero-order valence-corrected chi connectivity index (χ0v) is 13.5. The third kappa shape index (κ3) is 2.93. The van der Waals surface area contributed by atoms with Gasteiger partial charge in [0, 0.05) is 35.0 Å². The Morgan fingerprint density at radius 2 is 2.42 bits per heavy atom. The number of aromatic nitrogens is 1. The quantitative estimate of drug-likeness (QED) is 0.636. The van der Waals surface area contributed by atoms with Crippen LogP contribution in [0.3, 0.4) is 0 Å². The van der Waals surface area contributed by atoms with E-state index < -0.39 is 17.0 Å². The molecule has 2 heterocycles. The maximum atomic E-state index is 12.5. The summed E-state index contributed by atoms with van der Waals surface area (Å²) >= 11 is 1.52. The van der Waals surface area contributed by atoms with Crippen LogP contribution in [0.15, 0.2) is 24.4 Å². The van der Waals surface area contributed by atoms with Crippen LogP contribution in [-0.4, -0.2) is 44.4 Å². The molecular formula is C15H15N5O3S. The molecule has 3 N–H and O–H groups in total. The molecule has 9 heteroatoms. The Morgan fingerprint density at radius 1 is 1.62 bits per heavy atom. The van der Waals surface area contributed by atoms with Gasteiger partial charge < -0.3 is 15.6 Å². The molecule has 1 amide bonds. The lowest BCUT2D eigenvalue weighted by Crippen LogP contribution is -2.47. The highest BCUT2D eigenvalue weighted by Gasteiger charge is 2.32. The molecule has 1 aromatic heterocycles. The highest BCUT2D eigenvalue weighted by Crippen LogP contribution is 2.26. The molecule has 2 unspecified atom stereocenters. The SMILES string of the molecule is N#CC1CSCN1C(=O)C(N)Cc1c[nH]c2ccc([N+](=O)[O-])cc12. The Hall–Kier alpha value is -2.57. The van der Waals surface area contributed by atoms with E-state index in [-0.39, 0.29) is 18.0 Å². The fraction of sp³-hybridized carbons (Fsp3) is 0.333. The Labute approximate surface area is 141 Å². The summed E-state index contributed by atoms with van der Waals surface area (Å²) < 4.78 is 0. The van der Waals surface area contributed by atoms with Crippen molar-refractivity contribution >= 4 is 34.3 Å². The number of nitrogens with two attached hydrogens (primary N) is 1. The van der Waals surface area contributed by atoms with E-state index in [1.807, 2.05) is 0 Å². The van der Waals surface area contributed by atoms with Crippen LogP contribution in [0.4, 0.5) is 5.69 Å². The first kappa shape index (κ1) is 16.3. The van der Waals surface area contributed by atoms with E-state index in [0.29, 0.717) is 17.0 Å². The topological polar surface area (TPSA) is 129 Å². The van der Waals surface area contributed by atoms with Crippen LogP contribution in [0, 0.1) is 21.4 Å². The van der Waals surface area contributed by atoms with Crippen LogP contribution < -0.4 is 5.73 Å². The molecule has 2 atom stereocenters. The summed E-state index contributed by atoms with van der Waals surface area (Å²) in [5, 5.41) is 20.7. The zero-order valence-electron chi connectivity index (χ0n) is 12.6. The summed E-state index contributed by atoms with van der Waals surface area (Å²) in [7, 11) is 0. The number of benzene rings is 1. The minimum absolute atomic E-state index is 0.0104. The van der Waals surface area contributed by atoms with Crippen LogP contribution >= 0.6 is 11.8 Å². The zero-order chi connectivity index (χ0) is 17.3. The van der Waals surface area contributed by atoms with Crippen molar-refractivity contribution in [2.75, 3.05) is 11.6 Å². The first-order valence-electron chi connectivity index (χ1n) is 7.29. The van der Waals surface area contributed by atoms with Crippen LogP contribution in [0.25, 0.3) is 10.9 Å². The monoisotopic (exact) mass is 345 g/mol. The summed E-state index contributed by atoms with van der Waals surface area (Å²) in [5.74, 6) is 0.782. The number of nitrogens with zero attached hydrogens (tertiary/aromatic N) is 3. The summed E-state index contributed by atoms with van der Waals surface area (Å²) in [5.41, 5.74) is 7.52. The minimum Gasteiger partial charge on any atom is -0.361 e. The number of fused-ring (bicyclic) bond motifs is 1. The van der Waals surface area contributed by atoms with Crippen LogP contribution in [0.5, 0.6) is 0 Å². The number of hydrogen-bond donors (Lipinski definition) is 2. The number of nitrogens with one attached hydrogen (secondary N) is 1. The van der Waals surface area contributed by atoms with Gasteiger partial charge in [0.1, 0.15) is 6.04 Å². The highest BCUT2D eigenvalue weighted by molar-refractivity contribution is 7.99. The second-order valence-corrected chi connectivity index (χ2v) is 6.56. The average molecular weight is 345 g/mol. The molecule has 0 radical (unpaired) electrons. The molecule has 24 heavy (non-hydrogen) atoms. The predicted molar refractivity (Wildman–Crippen MR) is 90.2 cm³/mol. The van der Waals surface area contributed by atoms with E-state index in [4.69, 9.17) is 11.0 Å². The fourth-order valence-corrected chi connectivity index (χ4v) is 3.84. The van der Waals surface area contributed by atoms with Gasteiger partial charge >= 0.3 is 0 Å². The van der Waals surface area contributed by atoms with Gasteiger partial charge in [0.25, 0.3) is 5.69 Å². The molecule has 0 spiro atoms. The number of H-pyrrole nitrogens is 1. The number of amides is 1. The lowest BCUT2D eigenvalue weighted by atomic mass is 10.0. The molecule has 0 aliphatic carbocycles. The van der Waals surface area contributed by atoms with Crippen LogP contribution in [0.1, 0.15) is 5.56 Å².